The SMILES string of the molecule is CN=C(NCc1ccco1)NCc1ccc(C(N)=O)o1.I. The highest BCUT2D eigenvalue weighted by atomic mass is 127. The monoisotopic (exact) mass is 404 g/mol. The van der Waals surface area contributed by atoms with Crippen molar-refractivity contribution in [1.29, 1.82) is 0 Å². The summed E-state index contributed by atoms with van der Waals surface area (Å²) in [4.78, 5) is 15.0. The summed E-state index contributed by atoms with van der Waals surface area (Å²) in [6.07, 6.45) is 1.61. The van der Waals surface area contributed by atoms with Gasteiger partial charge in [-0.2, -0.15) is 0 Å². The summed E-state index contributed by atoms with van der Waals surface area (Å²) in [5.41, 5.74) is 5.11. The van der Waals surface area contributed by atoms with E-state index in [-0.39, 0.29) is 29.7 Å². The fraction of sp³-hybridized carbons (Fsp3) is 0.231. The van der Waals surface area contributed by atoms with Gasteiger partial charge in [0.25, 0.3) is 5.91 Å². The Hall–Kier alpha value is -1.97. The van der Waals surface area contributed by atoms with E-state index in [1.165, 1.54) is 0 Å². The van der Waals surface area contributed by atoms with Crippen LogP contribution in [0.4, 0.5) is 0 Å². The maximum atomic E-state index is 10.9. The van der Waals surface area contributed by atoms with Crippen LogP contribution in [-0.2, 0) is 13.1 Å². The number of rotatable bonds is 5. The summed E-state index contributed by atoms with van der Waals surface area (Å²) in [7, 11) is 1.66. The molecule has 1 amide bonds. The lowest BCUT2D eigenvalue weighted by Gasteiger charge is -2.09. The minimum Gasteiger partial charge on any atom is -0.467 e. The fourth-order valence-corrected chi connectivity index (χ4v) is 1.58. The van der Waals surface area contributed by atoms with Gasteiger partial charge < -0.3 is 25.2 Å². The van der Waals surface area contributed by atoms with Crippen LogP contribution in [0.15, 0.2) is 44.4 Å². The average molecular weight is 404 g/mol. The van der Waals surface area contributed by atoms with Crippen LogP contribution in [-0.4, -0.2) is 18.9 Å². The van der Waals surface area contributed by atoms with E-state index in [9.17, 15) is 4.79 Å². The van der Waals surface area contributed by atoms with Crippen molar-refractivity contribution in [3.63, 3.8) is 0 Å². The number of amides is 1. The third-order valence-electron chi connectivity index (χ3n) is 2.57. The van der Waals surface area contributed by atoms with Crippen LogP contribution in [0.3, 0.4) is 0 Å². The van der Waals surface area contributed by atoms with Gasteiger partial charge in [0.05, 0.1) is 19.4 Å². The van der Waals surface area contributed by atoms with E-state index >= 15 is 0 Å². The second-order valence-corrected chi connectivity index (χ2v) is 3.99. The van der Waals surface area contributed by atoms with Gasteiger partial charge in [0.2, 0.25) is 0 Å². The van der Waals surface area contributed by atoms with E-state index < -0.39 is 5.91 Å². The second kappa shape index (κ2) is 8.35. The normalized spacial score (nSPS) is 10.8. The molecule has 0 aliphatic carbocycles. The van der Waals surface area contributed by atoms with Gasteiger partial charge in [-0.1, -0.05) is 0 Å². The Bertz CT molecular complexity index is 592. The average Bonchev–Trinajstić information content (AvgIpc) is 3.10. The van der Waals surface area contributed by atoms with Crippen LogP contribution in [0.2, 0.25) is 0 Å². The number of primary amides is 1. The zero-order chi connectivity index (χ0) is 14.4. The van der Waals surface area contributed by atoms with E-state index in [1.54, 1.807) is 25.4 Å². The Morgan fingerprint density at radius 2 is 1.95 bits per heavy atom. The first-order chi connectivity index (χ1) is 9.69. The smallest absolute Gasteiger partial charge is 0.284 e. The molecular weight excluding hydrogens is 387 g/mol. The quantitative estimate of drug-likeness (QED) is 0.398. The molecule has 2 aromatic heterocycles. The molecular formula is C13H17IN4O3. The minimum atomic E-state index is -0.587. The molecule has 8 heteroatoms. The summed E-state index contributed by atoms with van der Waals surface area (Å²) in [5, 5.41) is 6.14. The van der Waals surface area contributed by atoms with Crippen LogP contribution < -0.4 is 16.4 Å². The van der Waals surface area contributed by atoms with Crippen molar-refractivity contribution in [2.45, 2.75) is 13.1 Å². The molecule has 0 aliphatic rings. The molecule has 0 saturated carbocycles. The van der Waals surface area contributed by atoms with Gasteiger partial charge >= 0.3 is 0 Å². The molecule has 114 valence electrons. The summed E-state index contributed by atoms with van der Waals surface area (Å²) < 4.78 is 10.5. The van der Waals surface area contributed by atoms with Gasteiger partial charge in [-0.15, -0.1) is 24.0 Å². The van der Waals surface area contributed by atoms with Gasteiger partial charge in [0.15, 0.2) is 11.7 Å². The number of nitrogens with one attached hydrogen (secondary N) is 2. The second-order valence-electron chi connectivity index (χ2n) is 3.99. The Morgan fingerprint density at radius 3 is 2.48 bits per heavy atom. The van der Waals surface area contributed by atoms with E-state index in [4.69, 9.17) is 14.6 Å². The maximum absolute atomic E-state index is 10.9. The first-order valence-corrected chi connectivity index (χ1v) is 6.04. The standard InChI is InChI=1S/C13H16N4O3.HI/c1-15-13(16-7-9-3-2-6-19-9)17-8-10-4-5-11(20-10)12(14)18;/h2-6H,7-8H2,1H3,(H2,14,18)(H2,15,16,17);1H. The summed E-state index contributed by atoms with van der Waals surface area (Å²) in [6.45, 7) is 0.919. The van der Waals surface area contributed by atoms with Crippen LogP contribution in [0, 0.1) is 0 Å². The van der Waals surface area contributed by atoms with Gasteiger partial charge in [-0.05, 0) is 24.3 Å². The molecule has 0 unspecified atom stereocenters. The van der Waals surface area contributed by atoms with Crippen LogP contribution >= 0.6 is 24.0 Å². The molecule has 2 aromatic rings. The number of halogens is 1. The largest absolute Gasteiger partial charge is 0.467 e. The van der Waals surface area contributed by atoms with Crippen LogP contribution in [0.25, 0.3) is 0 Å². The van der Waals surface area contributed by atoms with Crippen molar-refractivity contribution in [1.82, 2.24) is 10.6 Å². The highest BCUT2D eigenvalue weighted by Crippen LogP contribution is 2.06. The third kappa shape index (κ3) is 5.14. The van der Waals surface area contributed by atoms with Crippen molar-refractivity contribution >= 4 is 35.8 Å². The molecule has 0 spiro atoms. The van der Waals surface area contributed by atoms with E-state index in [1.807, 2.05) is 12.1 Å². The molecule has 7 nitrogen and oxygen atoms in total. The number of carbonyl (C=O) groups is 1. The highest BCUT2D eigenvalue weighted by Gasteiger charge is 2.07. The number of nitrogens with zero attached hydrogens (tertiary/aromatic N) is 1. The number of guanidine groups is 1. The molecule has 0 bridgehead atoms. The Kier molecular flexibility index (Phi) is 6.79. The van der Waals surface area contributed by atoms with E-state index in [2.05, 4.69) is 15.6 Å². The van der Waals surface area contributed by atoms with Crippen molar-refractivity contribution in [2.24, 2.45) is 10.7 Å². The molecule has 0 aliphatic heterocycles. The lowest BCUT2D eigenvalue weighted by molar-refractivity contribution is 0.0972. The molecule has 2 heterocycles. The maximum Gasteiger partial charge on any atom is 0.284 e. The molecule has 0 saturated heterocycles. The molecule has 2 rings (SSSR count). The number of nitrogens with two attached hydrogens (primary N) is 1. The lowest BCUT2D eigenvalue weighted by Crippen LogP contribution is -2.36. The fourth-order valence-electron chi connectivity index (χ4n) is 1.58. The first-order valence-electron chi connectivity index (χ1n) is 6.04. The zero-order valence-electron chi connectivity index (χ0n) is 11.5. The van der Waals surface area contributed by atoms with Crippen molar-refractivity contribution in [3.05, 3.63) is 47.8 Å². The predicted octanol–water partition coefficient (Wildman–Crippen LogP) is 1.45. The van der Waals surface area contributed by atoms with Crippen molar-refractivity contribution in [3.8, 4) is 0 Å². The van der Waals surface area contributed by atoms with Gasteiger partial charge in [-0.3, -0.25) is 9.79 Å². The number of furan rings is 2. The van der Waals surface area contributed by atoms with Crippen molar-refractivity contribution < 1.29 is 13.6 Å². The Morgan fingerprint density at radius 1 is 1.24 bits per heavy atom. The third-order valence-corrected chi connectivity index (χ3v) is 2.57. The number of hydrogen-bond donors (Lipinski definition) is 3. The molecule has 0 atom stereocenters. The number of aliphatic imine (C=N–C) groups is 1. The summed E-state index contributed by atoms with van der Waals surface area (Å²) in [6, 6.07) is 6.92. The molecule has 0 fully saturated rings. The lowest BCUT2D eigenvalue weighted by atomic mass is 10.4. The molecule has 21 heavy (non-hydrogen) atoms. The summed E-state index contributed by atoms with van der Waals surface area (Å²) in [5.74, 6) is 1.55. The zero-order valence-corrected chi connectivity index (χ0v) is 13.8. The van der Waals surface area contributed by atoms with Crippen molar-refractivity contribution in [2.75, 3.05) is 7.05 Å². The summed E-state index contributed by atoms with van der Waals surface area (Å²) >= 11 is 0. The topological polar surface area (TPSA) is 106 Å². The van der Waals surface area contributed by atoms with E-state index in [0.717, 1.165) is 5.76 Å². The number of hydrogen-bond acceptors (Lipinski definition) is 4. The van der Waals surface area contributed by atoms with Crippen LogP contribution in [0.5, 0.6) is 0 Å². The number of carbonyl (C=O) groups excluding carboxylic acids is 1. The Balaban J connectivity index is 0.00000220. The Labute approximate surface area is 139 Å². The van der Waals surface area contributed by atoms with E-state index in [0.29, 0.717) is 24.8 Å². The van der Waals surface area contributed by atoms with Crippen LogP contribution in [0.1, 0.15) is 22.1 Å². The molecule has 4 N–H and O–H groups in total. The minimum absolute atomic E-state index is 0. The predicted molar refractivity (Wildman–Crippen MR) is 88.4 cm³/mol. The highest BCUT2D eigenvalue weighted by molar-refractivity contribution is 14.0. The molecule has 0 radical (unpaired) electrons. The first kappa shape index (κ1) is 17.1. The molecule has 0 aromatic carbocycles. The van der Waals surface area contributed by atoms with Gasteiger partial charge in [0, 0.05) is 7.05 Å². The van der Waals surface area contributed by atoms with Gasteiger partial charge in [-0.25, -0.2) is 0 Å². The van der Waals surface area contributed by atoms with Gasteiger partial charge in [0.1, 0.15) is 11.5 Å².